The fourth-order valence-corrected chi connectivity index (χ4v) is 4.39. The highest BCUT2D eigenvalue weighted by molar-refractivity contribution is 5.98. The van der Waals surface area contributed by atoms with Crippen LogP contribution < -0.4 is 9.47 Å². The number of benzene rings is 2. The van der Waals surface area contributed by atoms with Crippen LogP contribution in [0.4, 0.5) is 0 Å². The maximum Gasteiger partial charge on any atom is 0.314 e. The first-order valence-electron chi connectivity index (χ1n) is 9.32. The lowest BCUT2D eigenvalue weighted by Gasteiger charge is -2.47. The third-order valence-electron chi connectivity index (χ3n) is 6.13. The van der Waals surface area contributed by atoms with Crippen molar-refractivity contribution in [2.45, 2.75) is 31.8 Å². The lowest BCUT2D eigenvalue weighted by atomic mass is 9.60. The minimum atomic E-state index is -1.84. The van der Waals surface area contributed by atoms with E-state index in [2.05, 4.69) is 0 Å². The van der Waals surface area contributed by atoms with Crippen molar-refractivity contribution in [3.8, 4) is 11.5 Å². The summed E-state index contributed by atoms with van der Waals surface area (Å²) in [4.78, 5) is 25.0. The van der Waals surface area contributed by atoms with Crippen LogP contribution in [0, 0.1) is 5.41 Å². The molecule has 0 spiro atoms. The predicted octanol–water partition coefficient (Wildman–Crippen LogP) is 2.73. The fourth-order valence-electron chi connectivity index (χ4n) is 4.39. The van der Waals surface area contributed by atoms with Crippen LogP contribution in [-0.4, -0.2) is 45.5 Å². The fraction of sp³-hybridized carbons (Fsp3) is 0.455. The number of aryl methyl sites for hydroxylation is 1. The van der Waals surface area contributed by atoms with Gasteiger partial charge in [-0.2, -0.15) is 0 Å². The normalized spacial score (nSPS) is 23.2. The Morgan fingerprint density at radius 2 is 1.76 bits per heavy atom. The van der Waals surface area contributed by atoms with Crippen LogP contribution in [0.2, 0.25) is 0 Å². The highest BCUT2D eigenvalue weighted by Gasteiger charge is 2.58. The third kappa shape index (κ3) is 3.00. The standard InChI is InChI=1S/C22H26O7/c1-21(20(24)29-5)10-9-13-15(22(21,25)12-18(23)28-4)11-17(27-3)14-7-6-8-16(26-2)19(13)14/h6-8,11,25H,9-10,12H2,1-5H3/t21-,22-/m1/s1. The van der Waals surface area contributed by atoms with E-state index in [1.165, 1.54) is 21.3 Å². The zero-order valence-electron chi connectivity index (χ0n) is 17.3. The molecule has 0 heterocycles. The van der Waals surface area contributed by atoms with E-state index in [0.29, 0.717) is 29.9 Å². The first-order valence-corrected chi connectivity index (χ1v) is 9.32. The van der Waals surface area contributed by atoms with Gasteiger partial charge in [-0.1, -0.05) is 12.1 Å². The molecule has 2 aromatic rings. The van der Waals surface area contributed by atoms with Crippen LogP contribution in [0.1, 0.15) is 30.9 Å². The summed E-state index contributed by atoms with van der Waals surface area (Å²) in [7, 11) is 5.62. The van der Waals surface area contributed by atoms with Crippen molar-refractivity contribution >= 4 is 22.7 Å². The Hall–Kier alpha value is -2.80. The van der Waals surface area contributed by atoms with E-state index in [0.717, 1.165) is 16.3 Å². The summed E-state index contributed by atoms with van der Waals surface area (Å²) in [6, 6.07) is 7.29. The molecular formula is C22H26O7. The van der Waals surface area contributed by atoms with Crippen LogP contribution >= 0.6 is 0 Å². The summed E-state index contributed by atoms with van der Waals surface area (Å²) in [5.41, 5.74) is -1.94. The molecule has 2 atom stereocenters. The number of fused-ring (bicyclic) bond motifs is 3. The summed E-state index contributed by atoms with van der Waals surface area (Å²) in [6.07, 6.45) is 0.386. The number of rotatable bonds is 5. The second-order valence-corrected chi connectivity index (χ2v) is 7.42. The molecule has 0 aliphatic heterocycles. The molecular weight excluding hydrogens is 376 g/mol. The molecule has 7 heteroatoms. The molecule has 7 nitrogen and oxygen atoms in total. The van der Waals surface area contributed by atoms with Crippen LogP contribution in [0.25, 0.3) is 10.8 Å². The zero-order valence-corrected chi connectivity index (χ0v) is 17.3. The topological polar surface area (TPSA) is 91.3 Å². The summed E-state index contributed by atoms with van der Waals surface area (Å²) in [5, 5.41) is 13.5. The van der Waals surface area contributed by atoms with Gasteiger partial charge < -0.3 is 24.1 Å². The van der Waals surface area contributed by atoms with E-state index in [9.17, 15) is 14.7 Å². The van der Waals surface area contributed by atoms with Gasteiger partial charge in [0.2, 0.25) is 0 Å². The van der Waals surface area contributed by atoms with Crippen molar-refractivity contribution < 1.29 is 33.6 Å². The first-order chi connectivity index (χ1) is 13.8. The molecule has 1 aliphatic rings. The number of esters is 2. The Morgan fingerprint density at radius 1 is 1.07 bits per heavy atom. The Bertz CT molecular complexity index is 967. The number of methoxy groups -OCH3 is 4. The number of hydrogen-bond donors (Lipinski definition) is 1. The molecule has 3 rings (SSSR count). The molecule has 0 radical (unpaired) electrons. The van der Waals surface area contributed by atoms with Gasteiger partial charge in [-0.05, 0) is 43.0 Å². The maximum atomic E-state index is 12.7. The average Bonchev–Trinajstić information content (AvgIpc) is 2.74. The molecule has 0 aromatic heterocycles. The van der Waals surface area contributed by atoms with Crippen LogP contribution in [-0.2, 0) is 31.1 Å². The second kappa shape index (κ2) is 7.55. The monoisotopic (exact) mass is 402 g/mol. The van der Waals surface area contributed by atoms with Gasteiger partial charge in [-0.15, -0.1) is 0 Å². The second-order valence-electron chi connectivity index (χ2n) is 7.42. The maximum absolute atomic E-state index is 12.7. The number of carbonyl (C=O) groups excluding carboxylic acids is 2. The van der Waals surface area contributed by atoms with Crippen molar-refractivity contribution in [1.29, 1.82) is 0 Å². The third-order valence-corrected chi connectivity index (χ3v) is 6.13. The van der Waals surface area contributed by atoms with Crippen molar-refractivity contribution in [2.24, 2.45) is 5.41 Å². The van der Waals surface area contributed by atoms with Crippen molar-refractivity contribution in [3.63, 3.8) is 0 Å². The molecule has 0 saturated heterocycles. The molecule has 2 aromatic carbocycles. The Labute approximate surface area is 169 Å². The summed E-state index contributed by atoms with van der Waals surface area (Å²) in [5.74, 6) is -0.0852. The van der Waals surface area contributed by atoms with E-state index in [1.807, 2.05) is 18.2 Å². The Kier molecular flexibility index (Phi) is 5.45. The molecule has 29 heavy (non-hydrogen) atoms. The SMILES string of the molecule is COC(=O)C[C@@]1(O)c2cc(OC)c3cccc(OC)c3c2CC[C@]1(C)C(=O)OC. The van der Waals surface area contributed by atoms with E-state index in [-0.39, 0.29) is 0 Å². The van der Waals surface area contributed by atoms with Gasteiger partial charge in [0.15, 0.2) is 0 Å². The van der Waals surface area contributed by atoms with Gasteiger partial charge in [0.05, 0.1) is 40.3 Å². The van der Waals surface area contributed by atoms with Crippen LogP contribution in [0.5, 0.6) is 11.5 Å². The molecule has 1 aliphatic carbocycles. The van der Waals surface area contributed by atoms with E-state index < -0.39 is 29.4 Å². The average molecular weight is 402 g/mol. The largest absolute Gasteiger partial charge is 0.496 e. The molecule has 0 bridgehead atoms. The van der Waals surface area contributed by atoms with Gasteiger partial charge >= 0.3 is 11.9 Å². The molecule has 156 valence electrons. The highest BCUT2D eigenvalue weighted by atomic mass is 16.5. The number of carbonyl (C=O) groups is 2. The lowest BCUT2D eigenvalue weighted by molar-refractivity contribution is -0.181. The van der Waals surface area contributed by atoms with E-state index >= 15 is 0 Å². The van der Waals surface area contributed by atoms with Gasteiger partial charge in [-0.3, -0.25) is 9.59 Å². The molecule has 0 fully saturated rings. The minimum Gasteiger partial charge on any atom is -0.496 e. The smallest absolute Gasteiger partial charge is 0.314 e. The molecule has 0 unspecified atom stereocenters. The number of ether oxygens (including phenoxy) is 4. The van der Waals surface area contributed by atoms with E-state index in [4.69, 9.17) is 18.9 Å². The summed E-state index contributed by atoms with van der Waals surface area (Å²) >= 11 is 0. The zero-order chi connectivity index (χ0) is 21.4. The van der Waals surface area contributed by atoms with Gasteiger partial charge in [-0.25, -0.2) is 0 Å². The lowest BCUT2D eigenvalue weighted by Crippen LogP contribution is -2.54. The van der Waals surface area contributed by atoms with Crippen LogP contribution in [0.3, 0.4) is 0 Å². The number of aliphatic hydroxyl groups is 1. The van der Waals surface area contributed by atoms with Gasteiger partial charge in [0.25, 0.3) is 0 Å². The van der Waals surface area contributed by atoms with Crippen molar-refractivity contribution in [1.82, 2.24) is 0 Å². The predicted molar refractivity (Wildman–Crippen MR) is 106 cm³/mol. The summed E-state index contributed by atoms with van der Waals surface area (Å²) in [6.45, 7) is 1.61. The van der Waals surface area contributed by atoms with Gasteiger partial charge in [0.1, 0.15) is 17.1 Å². The quantitative estimate of drug-likeness (QED) is 0.769. The Balaban J connectivity index is 2.40. The molecule has 0 saturated carbocycles. The molecule has 1 N–H and O–H groups in total. The Morgan fingerprint density at radius 3 is 2.34 bits per heavy atom. The van der Waals surface area contributed by atoms with Crippen molar-refractivity contribution in [3.05, 3.63) is 35.4 Å². The highest BCUT2D eigenvalue weighted by Crippen LogP contribution is 2.54. The molecule has 0 amide bonds. The van der Waals surface area contributed by atoms with E-state index in [1.54, 1.807) is 20.1 Å². The first kappa shape index (κ1) is 20.9. The van der Waals surface area contributed by atoms with Crippen LogP contribution in [0.15, 0.2) is 24.3 Å². The number of hydrogen-bond acceptors (Lipinski definition) is 7. The van der Waals surface area contributed by atoms with Gasteiger partial charge in [0, 0.05) is 10.8 Å². The summed E-state index contributed by atoms with van der Waals surface area (Å²) < 4.78 is 21.0. The minimum absolute atomic E-state index is 0.291. The van der Waals surface area contributed by atoms with Crippen molar-refractivity contribution in [2.75, 3.05) is 28.4 Å².